The summed E-state index contributed by atoms with van der Waals surface area (Å²) in [5.74, 6) is 1.48. The monoisotopic (exact) mass is 408 g/mol. The Bertz CT molecular complexity index is 979. The van der Waals surface area contributed by atoms with Crippen LogP contribution in [0.4, 0.5) is 0 Å². The number of benzene rings is 2. The second kappa shape index (κ2) is 9.27. The van der Waals surface area contributed by atoms with Crippen molar-refractivity contribution in [3.8, 4) is 17.1 Å². The summed E-state index contributed by atoms with van der Waals surface area (Å²) in [5.41, 5.74) is 4.34. The van der Waals surface area contributed by atoms with E-state index in [1.54, 1.807) is 0 Å². The third-order valence-electron chi connectivity index (χ3n) is 4.92. The van der Waals surface area contributed by atoms with E-state index in [0.29, 0.717) is 16.8 Å². The molecule has 0 bridgehead atoms. The number of nitrogens with zero attached hydrogens (tertiary/aromatic N) is 3. The number of rotatable bonds is 7. The number of carbonyl (C=O) groups is 1. The Labute approximate surface area is 176 Å². The number of amides is 1. The van der Waals surface area contributed by atoms with Gasteiger partial charge in [-0.3, -0.25) is 9.36 Å². The van der Waals surface area contributed by atoms with Gasteiger partial charge < -0.3 is 5.32 Å². The summed E-state index contributed by atoms with van der Waals surface area (Å²) in [6.45, 7) is 10.3. The third kappa shape index (κ3) is 5.26. The number of aryl methyl sites for hydroxylation is 2. The number of carbonyl (C=O) groups excluding carboxylic acids is 1. The highest BCUT2D eigenvalue weighted by atomic mass is 32.2. The van der Waals surface area contributed by atoms with Crippen molar-refractivity contribution in [3.63, 3.8) is 0 Å². The predicted octanol–water partition coefficient (Wildman–Crippen LogP) is 4.80. The van der Waals surface area contributed by atoms with Gasteiger partial charge >= 0.3 is 0 Å². The number of aromatic nitrogens is 3. The fourth-order valence-electron chi connectivity index (χ4n) is 2.85. The molecule has 1 atom stereocenters. The lowest BCUT2D eigenvalue weighted by Crippen LogP contribution is -2.37. The first-order chi connectivity index (χ1) is 13.8. The standard InChI is InChI=1S/C23H28N4OS/c1-15(2)18(5)24-21(28)14-29-23-26-25-22(19-8-6-7-17(4)13-19)27(23)20-11-9-16(3)10-12-20/h6-13,15,18H,14H2,1-5H3,(H,24,28). The summed E-state index contributed by atoms with van der Waals surface area (Å²) in [7, 11) is 0. The number of hydrogen-bond donors (Lipinski definition) is 1. The molecule has 1 aromatic heterocycles. The Morgan fingerprint density at radius 3 is 2.41 bits per heavy atom. The van der Waals surface area contributed by atoms with Crippen LogP contribution in [-0.4, -0.2) is 32.5 Å². The summed E-state index contributed by atoms with van der Waals surface area (Å²) in [6.07, 6.45) is 0. The highest BCUT2D eigenvalue weighted by Gasteiger charge is 2.18. The first-order valence-electron chi connectivity index (χ1n) is 9.87. The fraction of sp³-hybridized carbons (Fsp3) is 0.348. The minimum atomic E-state index is 0.00626. The van der Waals surface area contributed by atoms with Gasteiger partial charge in [0.1, 0.15) is 0 Å². The molecule has 5 nitrogen and oxygen atoms in total. The van der Waals surface area contributed by atoms with Crippen molar-refractivity contribution in [2.45, 2.75) is 45.8 Å². The lowest BCUT2D eigenvalue weighted by atomic mass is 10.1. The molecule has 2 aromatic carbocycles. The molecule has 0 aliphatic rings. The average Bonchev–Trinajstić information content (AvgIpc) is 3.11. The summed E-state index contributed by atoms with van der Waals surface area (Å²) < 4.78 is 2.03. The first-order valence-corrected chi connectivity index (χ1v) is 10.9. The molecule has 0 saturated carbocycles. The summed E-state index contributed by atoms with van der Waals surface area (Å²) in [4.78, 5) is 12.4. The predicted molar refractivity (Wildman–Crippen MR) is 119 cm³/mol. The Balaban J connectivity index is 1.91. The van der Waals surface area contributed by atoms with Crippen LogP contribution in [0.1, 0.15) is 31.9 Å². The van der Waals surface area contributed by atoms with Crippen molar-refractivity contribution in [2.24, 2.45) is 5.92 Å². The Morgan fingerprint density at radius 2 is 1.76 bits per heavy atom. The van der Waals surface area contributed by atoms with E-state index >= 15 is 0 Å². The van der Waals surface area contributed by atoms with E-state index < -0.39 is 0 Å². The van der Waals surface area contributed by atoms with Crippen molar-refractivity contribution in [3.05, 3.63) is 59.7 Å². The van der Waals surface area contributed by atoms with Crippen LogP contribution in [0.5, 0.6) is 0 Å². The molecule has 29 heavy (non-hydrogen) atoms. The quantitative estimate of drug-likeness (QED) is 0.570. The van der Waals surface area contributed by atoms with Crippen LogP contribution in [0.15, 0.2) is 53.7 Å². The van der Waals surface area contributed by atoms with Crippen molar-refractivity contribution in [2.75, 3.05) is 5.75 Å². The molecule has 0 spiro atoms. The zero-order valence-corrected chi connectivity index (χ0v) is 18.5. The Morgan fingerprint density at radius 1 is 1.03 bits per heavy atom. The van der Waals surface area contributed by atoms with Gasteiger partial charge in [0.15, 0.2) is 11.0 Å². The maximum Gasteiger partial charge on any atom is 0.230 e. The van der Waals surface area contributed by atoms with Gasteiger partial charge in [-0.1, -0.05) is 67.1 Å². The number of nitrogens with one attached hydrogen (secondary N) is 1. The summed E-state index contributed by atoms with van der Waals surface area (Å²) in [5, 5.41) is 12.6. The second-order valence-electron chi connectivity index (χ2n) is 7.74. The van der Waals surface area contributed by atoms with Crippen LogP contribution < -0.4 is 5.32 Å². The van der Waals surface area contributed by atoms with Gasteiger partial charge in [0.2, 0.25) is 5.91 Å². The van der Waals surface area contributed by atoms with Crippen molar-refractivity contribution in [1.82, 2.24) is 20.1 Å². The fourth-order valence-corrected chi connectivity index (χ4v) is 3.62. The van der Waals surface area contributed by atoms with E-state index in [2.05, 4.69) is 79.6 Å². The minimum Gasteiger partial charge on any atom is -0.353 e. The first kappa shape index (κ1) is 21.1. The van der Waals surface area contributed by atoms with Crippen molar-refractivity contribution >= 4 is 17.7 Å². The molecule has 6 heteroatoms. The van der Waals surface area contributed by atoms with Crippen molar-refractivity contribution < 1.29 is 4.79 Å². The van der Waals surface area contributed by atoms with Crippen LogP contribution in [0.3, 0.4) is 0 Å². The van der Waals surface area contributed by atoms with Crippen LogP contribution in [0.2, 0.25) is 0 Å². The largest absolute Gasteiger partial charge is 0.353 e. The molecular formula is C23H28N4OS. The Hall–Kier alpha value is -2.60. The molecule has 152 valence electrons. The normalized spacial score (nSPS) is 12.2. The number of thioether (sulfide) groups is 1. The molecule has 0 saturated heterocycles. The molecule has 0 radical (unpaired) electrons. The molecule has 3 aromatic rings. The van der Waals surface area contributed by atoms with Gasteiger partial charge in [-0.05, 0) is 44.9 Å². The summed E-state index contributed by atoms with van der Waals surface area (Å²) >= 11 is 1.40. The van der Waals surface area contributed by atoms with E-state index in [0.717, 1.165) is 22.6 Å². The molecule has 0 aliphatic heterocycles. The average molecular weight is 409 g/mol. The Kier molecular flexibility index (Phi) is 6.75. The molecule has 1 heterocycles. The van der Waals surface area contributed by atoms with E-state index in [4.69, 9.17) is 0 Å². The van der Waals surface area contributed by atoms with E-state index in [-0.39, 0.29) is 11.9 Å². The smallest absolute Gasteiger partial charge is 0.230 e. The van der Waals surface area contributed by atoms with E-state index in [1.165, 1.54) is 17.3 Å². The highest BCUT2D eigenvalue weighted by Crippen LogP contribution is 2.28. The lowest BCUT2D eigenvalue weighted by molar-refractivity contribution is -0.119. The molecular weight excluding hydrogens is 380 g/mol. The lowest BCUT2D eigenvalue weighted by Gasteiger charge is -2.17. The highest BCUT2D eigenvalue weighted by molar-refractivity contribution is 7.99. The third-order valence-corrected chi connectivity index (χ3v) is 5.85. The van der Waals surface area contributed by atoms with Gasteiger partial charge in [-0.25, -0.2) is 0 Å². The van der Waals surface area contributed by atoms with Crippen LogP contribution in [0, 0.1) is 19.8 Å². The molecule has 0 fully saturated rings. The van der Waals surface area contributed by atoms with Gasteiger partial charge in [-0.2, -0.15) is 0 Å². The molecule has 3 rings (SSSR count). The van der Waals surface area contributed by atoms with E-state index in [9.17, 15) is 4.79 Å². The molecule has 0 aliphatic carbocycles. The molecule has 1 N–H and O–H groups in total. The second-order valence-corrected chi connectivity index (χ2v) is 8.68. The van der Waals surface area contributed by atoms with Crippen LogP contribution in [0.25, 0.3) is 17.1 Å². The van der Waals surface area contributed by atoms with Crippen molar-refractivity contribution in [1.29, 1.82) is 0 Å². The maximum atomic E-state index is 12.4. The van der Waals surface area contributed by atoms with Gasteiger partial charge in [0.05, 0.1) is 5.75 Å². The maximum absolute atomic E-state index is 12.4. The zero-order chi connectivity index (χ0) is 21.0. The summed E-state index contributed by atoms with van der Waals surface area (Å²) in [6, 6.07) is 16.6. The number of hydrogen-bond acceptors (Lipinski definition) is 4. The van der Waals surface area contributed by atoms with Gasteiger partial charge in [0, 0.05) is 17.3 Å². The van der Waals surface area contributed by atoms with Crippen LogP contribution >= 0.6 is 11.8 Å². The minimum absolute atomic E-state index is 0.00626. The van der Waals surface area contributed by atoms with Gasteiger partial charge in [-0.15, -0.1) is 10.2 Å². The zero-order valence-electron chi connectivity index (χ0n) is 17.6. The topological polar surface area (TPSA) is 59.8 Å². The van der Waals surface area contributed by atoms with E-state index in [1.807, 2.05) is 23.6 Å². The molecule has 1 amide bonds. The van der Waals surface area contributed by atoms with Crippen LogP contribution in [-0.2, 0) is 4.79 Å². The molecule has 1 unspecified atom stereocenters. The SMILES string of the molecule is Cc1ccc(-n2c(SCC(=O)NC(C)C(C)C)nnc2-c2cccc(C)c2)cc1. The van der Waals surface area contributed by atoms with Gasteiger partial charge in [0.25, 0.3) is 0 Å².